The van der Waals surface area contributed by atoms with Crippen LogP contribution in [0.5, 0.6) is 17.2 Å². The fourth-order valence-electron chi connectivity index (χ4n) is 3.55. The molecule has 31 heavy (non-hydrogen) atoms. The first-order valence-corrected chi connectivity index (χ1v) is 10.3. The number of benzene rings is 3. The van der Waals surface area contributed by atoms with Crippen LogP contribution in [-0.2, 0) is 4.79 Å². The predicted octanol–water partition coefficient (Wildman–Crippen LogP) is 5.65. The number of anilines is 1. The zero-order valence-electron chi connectivity index (χ0n) is 18.4. The van der Waals surface area contributed by atoms with Gasteiger partial charge in [0.25, 0.3) is 0 Å². The van der Waals surface area contributed by atoms with E-state index in [9.17, 15) is 4.79 Å². The van der Waals surface area contributed by atoms with Crippen molar-refractivity contribution in [2.75, 3.05) is 19.5 Å². The first-order valence-electron chi connectivity index (χ1n) is 10.3. The van der Waals surface area contributed by atoms with Gasteiger partial charge in [-0.1, -0.05) is 42.5 Å². The molecule has 0 saturated heterocycles. The summed E-state index contributed by atoms with van der Waals surface area (Å²) in [6.45, 7) is 3.99. The number of ether oxygens (including phenoxy) is 3. The Hall–Kier alpha value is -3.47. The van der Waals surface area contributed by atoms with Crippen molar-refractivity contribution in [2.45, 2.75) is 32.3 Å². The first kappa shape index (κ1) is 22.2. The summed E-state index contributed by atoms with van der Waals surface area (Å²) in [4.78, 5) is 13.0. The van der Waals surface area contributed by atoms with E-state index in [0.717, 1.165) is 22.6 Å². The van der Waals surface area contributed by atoms with Crippen molar-refractivity contribution in [3.63, 3.8) is 0 Å². The maximum Gasteiger partial charge on any atom is 0.225 e. The third-order valence-electron chi connectivity index (χ3n) is 4.94. The minimum atomic E-state index is -0.182. The molecule has 0 spiro atoms. The zero-order chi connectivity index (χ0) is 22.2. The lowest BCUT2D eigenvalue weighted by atomic mass is 9.87. The van der Waals surface area contributed by atoms with Crippen LogP contribution in [0.1, 0.15) is 37.3 Å². The van der Waals surface area contributed by atoms with E-state index in [2.05, 4.69) is 5.32 Å². The van der Waals surface area contributed by atoms with Gasteiger partial charge in [0.1, 0.15) is 17.2 Å². The topological polar surface area (TPSA) is 56.8 Å². The maximum absolute atomic E-state index is 13.0. The highest BCUT2D eigenvalue weighted by molar-refractivity contribution is 5.93. The SMILES string of the molecule is COc1ccccc1NC(=O)C[C@H](c1ccc(OC(C)C)cc1)c1ccccc1OC. The van der Waals surface area contributed by atoms with Crippen LogP contribution in [0.2, 0.25) is 0 Å². The lowest BCUT2D eigenvalue weighted by Crippen LogP contribution is -2.17. The highest BCUT2D eigenvalue weighted by Crippen LogP contribution is 2.36. The van der Waals surface area contributed by atoms with Gasteiger partial charge < -0.3 is 19.5 Å². The molecule has 0 aliphatic carbocycles. The number of hydrogen-bond donors (Lipinski definition) is 1. The Bertz CT molecular complexity index is 998. The molecule has 0 radical (unpaired) electrons. The minimum absolute atomic E-state index is 0.0995. The standard InChI is InChI=1S/C26H29NO4/c1-18(2)31-20-15-13-19(14-16-20)22(21-9-5-7-11-24(21)29-3)17-26(28)27-23-10-6-8-12-25(23)30-4/h5-16,18,22H,17H2,1-4H3,(H,27,28)/t22-/m1/s1. The number of rotatable bonds is 9. The summed E-state index contributed by atoms with van der Waals surface area (Å²) < 4.78 is 16.7. The number of carbonyl (C=O) groups is 1. The van der Waals surface area contributed by atoms with Gasteiger partial charge in [-0.25, -0.2) is 0 Å². The van der Waals surface area contributed by atoms with E-state index in [-0.39, 0.29) is 24.3 Å². The molecule has 0 saturated carbocycles. The summed E-state index contributed by atoms with van der Waals surface area (Å²) in [5, 5.41) is 2.98. The van der Waals surface area contributed by atoms with Crippen molar-refractivity contribution in [2.24, 2.45) is 0 Å². The maximum atomic E-state index is 13.0. The second kappa shape index (κ2) is 10.5. The largest absolute Gasteiger partial charge is 0.496 e. The first-order chi connectivity index (χ1) is 15.0. The molecule has 5 nitrogen and oxygen atoms in total. The Morgan fingerprint density at radius 3 is 2.10 bits per heavy atom. The van der Waals surface area contributed by atoms with Crippen LogP contribution in [0.25, 0.3) is 0 Å². The summed E-state index contributed by atoms with van der Waals surface area (Å²) in [7, 11) is 3.23. The predicted molar refractivity (Wildman–Crippen MR) is 123 cm³/mol. The van der Waals surface area contributed by atoms with E-state index in [1.54, 1.807) is 14.2 Å². The second-order valence-electron chi connectivity index (χ2n) is 7.48. The average molecular weight is 420 g/mol. The molecule has 5 heteroatoms. The van der Waals surface area contributed by atoms with Crippen LogP contribution in [0, 0.1) is 0 Å². The number of amides is 1. The van der Waals surface area contributed by atoms with E-state index in [1.807, 2.05) is 86.6 Å². The quantitative estimate of drug-likeness (QED) is 0.487. The average Bonchev–Trinajstić information content (AvgIpc) is 2.78. The molecule has 3 rings (SSSR count). The highest BCUT2D eigenvalue weighted by atomic mass is 16.5. The minimum Gasteiger partial charge on any atom is -0.496 e. The highest BCUT2D eigenvalue weighted by Gasteiger charge is 2.22. The molecule has 0 unspecified atom stereocenters. The normalized spacial score (nSPS) is 11.6. The Labute approximate surface area is 184 Å². The molecule has 1 atom stereocenters. The number of nitrogens with one attached hydrogen (secondary N) is 1. The van der Waals surface area contributed by atoms with Crippen LogP contribution in [0.15, 0.2) is 72.8 Å². The molecule has 0 heterocycles. The van der Waals surface area contributed by atoms with E-state index in [0.29, 0.717) is 11.4 Å². The molecule has 3 aromatic rings. The Morgan fingerprint density at radius 2 is 1.45 bits per heavy atom. The van der Waals surface area contributed by atoms with E-state index in [4.69, 9.17) is 14.2 Å². The van der Waals surface area contributed by atoms with Gasteiger partial charge >= 0.3 is 0 Å². The molecular formula is C26H29NO4. The van der Waals surface area contributed by atoms with Gasteiger partial charge in [0, 0.05) is 17.9 Å². The molecule has 1 amide bonds. The summed E-state index contributed by atoms with van der Waals surface area (Å²) in [5.74, 6) is 1.89. The van der Waals surface area contributed by atoms with Crippen LogP contribution >= 0.6 is 0 Å². The molecule has 1 N–H and O–H groups in total. The smallest absolute Gasteiger partial charge is 0.225 e. The van der Waals surface area contributed by atoms with E-state index >= 15 is 0 Å². The van der Waals surface area contributed by atoms with Crippen molar-refractivity contribution in [1.29, 1.82) is 0 Å². The number of methoxy groups -OCH3 is 2. The van der Waals surface area contributed by atoms with Gasteiger partial charge in [0.15, 0.2) is 0 Å². The molecule has 0 fully saturated rings. The second-order valence-corrected chi connectivity index (χ2v) is 7.48. The fraction of sp³-hybridized carbons (Fsp3) is 0.269. The summed E-state index contributed by atoms with van der Waals surface area (Å²) in [6.07, 6.45) is 0.352. The van der Waals surface area contributed by atoms with E-state index < -0.39 is 0 Å². The van der Waals surface area contributed by atoms with Crippen molar-refractivity contribution in [3.05, 3.63) is 83.9 Å². The summed E-state index contributed by atoms with van der Waals surface area (Å²) in [5.41, 5.74) is 2.61. The van der Waals surface area contributed by atoms with Crippen molar-refractivity contribution in [3.8, 4) is 17.2 Å². The lowest BCUT2D eigenvalue weighted by molar-refractivity contribution is -0.116. The van der Waals surface area contributed by atoms with Gasteiger partial charge in [-0.05, 0) is 49.7 Å². The Balaban J connectivity index is 1.90. The fourth-order valence-corrected chi connectivity index (χ4v) is 3.55. The van der Waals surface area contributed by atoms with Gasteiger partial charge in [-0.15, -0.1) is 0 Å². The molecule has 0 aliphatic rings. The van der Waals surface area contributed by atoms with Gasteiger partial charge in [0.2, 0.25) is 5.91 Å². The third-order valence-corrected chi connectivity index (χ3v) is 4.94. The summed E-state index contributed by atoms with van der Waals surface area (Å²) in [6, 6.07) is 23.1. The lowest BCUT2D eigenvalue weighted by Gasteiger charge is -2.21. The van der Waals surface area contributed by atoms with Gasteiger partial charge in [-0.3, -0.25) is 4.79 Å². The Kier molecular flexibility index (Phi) is 7.55. The third kappa shape index (κ3) is 5.79. The van der Waals surface area contributed by atoms with Crippen LogP contribution in [0.3, 0.4) is 0 Å². The van der Waals surface area contributed by atoms with Crippen LogP contribution in [0.4, 0.5) is 5.69 Å². The van der Waals surface area contributed by atoms with Crippen LogP contribution < -0.4 is 19.5 Å². The Morgan fingerprint density at radius 1 is 0.839 bits per heavy atom. The monoisotopic (exact) mass is 419 g/mol. The molecule has 3 aromatic carbocycles. The van der Waals surface area contributed by atoms with Crippen molar-refractivity contribution >= 4 is 11.6 Å². The zero-order valence-corrected chi connectivity index (χ0v) is 18.4. The molecule has 0 bridgehead atoms. The number of para-hydroxylation sites is 3. The van der Waals surface area contributed by atoms with Gasteiger partial charge in [0.05, 0.1) is 26.0 Å². The van der Waals surface area contributed by atoms with Crippen LogP contribution in [-0.4, -0.2) is 26.2 Å². The molecule has 0 aliphatic heterocycles. The van der Waals surface area contributed by atoms with Crippen molar-refractivity contribution in [1.82, 2.24) is 0 Å². The molecule has 162 valence electrons. The van der Waals surface area contributed by atoms with E-state index in [1.165, 1.54) is 0 Å². The number of hydrogen-bond acceptors (Lipinski definition) is 4. The van der Waals surface area contributed by atoms with Crippen molar-refractivity contribution < 1.29 is 19.0 Å². The molecule has 0 aromatic heterocycles. The van der Waals surface area contributed by atoms with Gasteiger partial charge in [-0.2, -0.15) is 0 Å². The summed E-state index contributed by atoms with van der Waals surface area (Å²) >= 11 is 0. The molecular weight excluding hydrogens is 390 g/mol. The number of carbonyl (C=O) groups excluding carboxylic acids is 1.